The molecule has 0 bridgehead atoms. The summed E-state index contributed by atoms with van der Waals surface area (Å²) in [6.45, 7) is 5.67. The van der Waals surface area contributed by atoms with Crippen LogP contribution in [-0.4, -0.2) is 29.6 Å². The van der Waals surface area contributed by atoms with Crippen molar-refractivity contribution >= 4 is 17.5 Å². The van der Waals surface area contributed by atoms with E-state index in [1.54, 1.807) is 31.2 Å². The fourth-order valence-corrected chi connectivity index (χ4v) is 1.94. The topological polar surface area (TPSA) is 78.4 Å². The summed E-state index contributed by atoms with van der Waals surface area (Å²) in [6.07, 6.45) is 0.292. The molecule has 2 unspecified atom stereocenters. The van der Waals surface area contributed by atoms with Crippen LogP contribution in [0.1, 0.15) is 37.6 Å². The molecule has 5 heteroatoms. The maximum absolute atomic E-state index is 11.9. The van der Waals surface area contributed by atoms with Crippen LogP contribution in [0.2, 0.25) is 0 Å². The van der Waals surface area contributed by atoms with Crippen molar-refractivity contribution in [3.05, 3.63) is 29.8 Å². The van der Waals surface area contributed by atoms with Crippen molar-refractivity contribution in [2.75, 3.05) is 11.9 Å². The Bertz CT molecular complexity index is 455. The van der Waals surface area contributed by atoms with Crippen molar-refractivity contribution in [2.45, 2.75) is 33.3 Å². The molecule has 1 aromatic carbocycles. The van der Waals surface area contributed by atoms with E-state index in [-0.39, 0.29) is 23.8 Å². The number of hydrogen-bond acceptors (Lipinski definition) is 3. The number of aliphatic hydroxyl groups is 1. The zero-order chi connectivity index (χ0) is 15.1. The molecule has 110 valence electrons. The molecule has 0 fully saturated rings. The maximum atomic E-state index is 11.9. The number of aliphatic hydroxyl groups excluding tert-OH is 1. The highest BCUT2D eigenvalue weighted by molar-refractivity contribution is 5.95. The third-order valence-corrected chi connectivity index (χ3v) is 2.82. The second-order valence-corrected chi connectivity index (χ2v) is 5.16. The summed E-state index contributed by atoms with van der Waals surface area (Å²) in [5.74, 6) is -0.0800. The Labute approximate surface area is 119 Å². The lowest BCUT2D eigenvalue weighted by atomic mass is 10.0. The Kier molecular flexibility index (Phi) is 6.18. The highest BCUT2D eigenvalue weighted by atomic mass is 16.3. The zero-order valence-electron chi connectivity index (χ0n) is 12.1. The van der Waals surface area contributed by atoms with E-state index < -0.39 is 0 Å². The van der Waals surface area contributed by atoms with Crippen LogP contribution in [0.4, 0.5) is 5.69 Å². The standard InChI is InChI=1S/C15H22N2O3/c1-10(8-11(2)18)9-16-15(20)13-4-6-14(7-5-13)17-12(3)19/h4-7,10-11,18H,8-9H2,1-3H3,(H,16,20)(H,17,19). The van der Waals surface area contributed by atoms with Crippen LogP contribution in [0.15, 0.2) is 24.3 Å². The third-order valence-electron chi connectivity index (χ3n) is 2.82. The molecule has 3 N–H and O–H groups in total. The SMILES string of the molecule is CC(=O)Nc1ccc(C(=O)NCC(C)CC(C)O)cc1. The Morgan fingerprint density at radius 2 is 1.80 bits per heavy atom. The Balaban J connectivity index is 2.49. The minimum Gasteiger partial charge on any atom is -0.393 e. The molecule has 2 atom stereocenters. The number of amides is 2. The van der Waals surface area contributed by atoms with Crippen molar-refractivity contribution in [3.8, 4) is 0 Å². The van der Waals surface area contributed by atoms with Gasteiger partial charge in [-0.1, -0.05) is 6.92 Å². The Morgan fingerprint density at radius 3 is 2.30 bits per heavy atom. The Morgan fingerprint density at radius 1 is 1.20 bits per heavy atom. The van der Waals surface area contributed by atoms with E-state index in [0.29, 0.717) is 24.2 Å². The van der Waals surface area contributed by atoms with Gasteiger partial charge in [0.1, 0.15) is 0 Å². The molecule has 5 nitrogen and oxygen atoms in total. The highest BCUT2D eigenvalue weighted by Gasteiger charge is 2.10. The molecule has 1 aromatic rings. The molecule has 0 radical (unpaired) electrons. The summed E-state index contributed by atoms with van der Waals surface area (Å²) in [6, 6.07) is 6.71. The third kappa shape index (κ3) is 5.84. The molecule has 0 aromatic heterocycles. The van der Waals surface area contributed by atoms with Crippen LogP contribution in [0, 0.1) is 5.92 Å². The molecule has 0 aliphatic rings. The van der Waals surface area contributed by atoms with Gasteiger partial charge in [-0.05, 0) is 43.5 Å². The largest absolute Gasteiger partial charge is 0.393 e. The minimum atomic E-state index is -0.362. The molecular formula is C15H22N2O3. The van der Waals surface area contributed by atoms with Gasteiger partial charge in [0, 0.05) is 24.7 Å². The van der Waals surface area contributed by atoms with E-state index in [9.17, 15) is 14.7 Å². The van der Waals surface area contributed by atoms with Crippen molar-refractivity contribution < 1.29 is 14.7 Å². The van der Waals surface area contributed by atoms with Gasteiger partial charge in [-0.15, -0.1) is 0 Å². The predicted octanol–water partition coefficient (Wildman–Crippen LogP) is 1.78. The molecule has 0 saturated heterocycles. The highest BCUT2D eigenvalue weighted by Crippen LogP contribution is 2.10. The summed E-state index contributed by atoms with van der Waals surface area (Å²) in [5, 5.41) is 14.7. The molecule has 0 spiro atoms. The van der Waals surface area contributed by atoms with E-state index in [1.165, 1.54) is 6.92 Å². The van der Waals surface area contributed by atoms with Gasteiger partial charge in [-0.25, -0.2) is 0 Å². The lowest BCUT2D eigenvalue weighted by Crippen LogP contribution is -2.29. The average Bonchev–Trinajstić information content (AvgIpc) is 2.35. The molecule has 0 saturated carbocycles. The quantitative estimate of drug-likeness (QED) is 0.742. The number of anilines is 1. The maximum Gasteiger partial charge on any atom is 0.251 e. The summed E-state index contributed by atoms with van der Waals surface area (Å²) >= 11 is 0. The van der Waals surface area contributed by atoms with Gasteiger partial charge in [0.25, 0.3) is 5.91 Å². The molecule has 0 heterocycles. The van der Waals surface area contributed by atoms with E-state index in [4.69, 9.17) is 0 Å². The van der Waals surface area contributed by atoms with Gasteiger partial charge in [0.2, 0.25) is 5.91 Å². The van der Waals surface area contributed by atoms with E-state index in [1.807, 2.05) is 6.92 Å². The lowest BCUT2D eigenvalue weighted by Gasteiger charge is -2.14. The number of nitrogens with one attached hydrogen (secondary N) is 2. The molecule has 20 heavy (non-hydrogen) atoms. The summed E-state index contributed by atoms with van der Waals surface area (Å²) in [5.41, 5.74) is 1.21. The van der Waals surface area contributed by atoms with Gasteiger partial charge in [-0.3, -0.25) is 9.59 Å². The van der Waals surface area contributed by atoms with E-state index in [0.717, 1.165) is 0 Å². The zero-order valence-corrected chi connectivity index (χ0v) is 12.1. The molecule has 1 rings (SSSR count). The van der Waals surface area contributed by atoms with E-state index in [2.05, 4.69) is 10.6 Å². The monoisotopic (exact) mass is 278 g/mol. The smallest absolute Gasteiger partial charge is 0.251 e. The van der Waals surface area contributed by atoms with Crippen LogP contribution < -0.4 is 10.6 Å². The minimum absolute atomic E-state index is 0.144. The number of carbonyl (C=O) groups excluding carboxylic acids is 2. The molecule has 0 aliphatic heterocycles. The summed E-state index contributed by atoms with van der Waals surface area (Å²) in [4.78, 5) is 22.8. The summed E-state index contributed by atoms with van der Waals surface area (Å²) in [7, 11) is 0. The van der Waals surface area contributed by atoms with Crippen LogP contribution in [0.25, 0.3) is 0 Å². The van der Waals surface area contributed by atoms with Crippen molar-refractivity contribution in [3.63, 3.8) is 0 Å². The first-order valence-corrected chi connectivity index (χ1v) is 6.72. The fourth-order valence-electron chi connectivity index (χ4n) is 1.94. The van der Waals surface area contributed by atoms with Crippen molar-refractivity contribution in [1.29, 1.82) is 0 Å². The second kappa shape index (κ2) is 7.65. The van der Waals surface area contributed by atoms with Gasteiger partial charge >= 0.3 is 0 Å². The van der Waals surface area contributed by atoms with Crippen LogP contribution >= 0.6 is 0 Å². The van der Waals surface area contributed by atoms with Crippen LogP contribution in [-0.2, 0) is 4.79 Å². The first kappa shape index (κ1) is 16.2. The number of benzene rings is 1. The Hall–Kier alpha value is -1.88. The van der Waals surface area contributed by atoms with Gasteiger partial charge in [-0.2, -0.15) is 0 Å². The van der Waals surface area contributed by atoms with Crippen molar-refractivity contribution in [2.24, 2.45) is 5.92 Å². The number of hydrogen-bond donors (Lipinski definition) is 3. The first-order chi connectivity index (χ1) is 9.38. The van der Waals surface area contributed by atoms with Gasteiger partial charge < -0.3 is 15.7 Å². The van der Waals surface area contributed by atoms with E-state index >= 15 is 0 Å². The molecule has 2 amide bonds. The summed E-state index contributed by atoms with van der Waals surface area (Å²) < 4.78 is 0. The van der Waals surface area contributed by atoms with Crippen LogP contribution in [0.5, 0.6) is 0 Å². The lowest BCUT2D eigenvalue weighted by molar-refractivity contribution is -0.114. The number of carbonyl (C=O) groups is 2. The van der Waals surface area contributed by atoms with Crippen LogP contribution in [0.3, 0.4) is 0 Å². The number of rotatable bonds is 6. The average molecular weight is 278 g/mol. The molecular weight excluding hydrogens is 256 g/mol. The van der Waals surface area contributed by atoms with Crippen molar-refractivity contribution in [1.82, 2.24) is 5.32 Å². The normalized spacial score (nSPS) is 13.4. The van der Waals surface area contributed by atoms with Gasteiger partial charge in [0.05, 0.1) is 6.10 Å². The van der Waals surface area contributed by atoms with Gasteiger partial charge in [0.15, 0.2) is 0 Å². The first-order valence-electron chi connectivity index (χ1n) is 6.72. The fraction of sp³-hybridized carbons (Fsp3) is 0.467. The predicted molar refractivity (Wildman–Crippen MR) is 78.5 cm³/mol. The molecule has 0 aliphatic carbocycles. The second-order valence-electron chi connectivity index (χ2n) is 5.16.